The van der Waals surface area contributed by atoms with E-state index in [1.54, 1.807) is 0 Å². The molecule has 3 rings (SSSR count). The summed E-state index contributed by atoms with van der Waals surface area (Å²) in [6, 6.07) is 0.496. The fourth-order valence-electron chi connectivity index (χ4n) is 4.73. The number of nitrogens with one attached hydrogen (secondary N) is 1. The Hall–Kier alpha value is -0.120. The van der Waals surface area contributed by atoms with Crippen molar-refractivity contribution in [1.29, 1.82) is 0 Å². The van der Waals surface area contributed by atoms with Crippen molar-refractivity contribution >= 4 is 0 Å². The molecule has 104 valence electrons. The van der Waals surface area contributed by atoms with Crippen LogP contribution in [0, 0.1) is 23.7 Å². The second-order valence-electron chi connectivity index (χ2n) is 6.69. The predicted molar refractivity (Wildman–Crippen MR) is 72.8 cm³/mol. The van der Waals surface area contributed by atoms with Crippen molar-refractivity contribution in [3.8, 4) is 0 Å². The van der Waals surface area contributed by atoms with Gasteiger partial charge < -0.3 is 4.74 Å². The summed E-state index contributed by atoms with van der Waals surface area (Å²) in [6.07, 6.45) is 11.3. The summed E-state index contributed by atoms with van der Waals surface area (Å²) >= 11 is 0. The Morgan fingerprint density at radius 1 is 0.944 bits per heavy atom. The van der Waals surface area contributed by atoms with Crippen LogP contribution >= 0.6 is 0 Å². The Labute approximate surface area is 111 Å². The Bertz CT molecular complexity index is 265. The summed E-state index contributed by atoms with van der Waals surface area (Å²) in [7, 11) is 0. The molecule has 3 aliphatic rings. The van der Waals surface area contributed by atoms with Gasteiger partial charge in [-0.3, -0.25) is 11.3 Å². The fraction of sp³-hybridized carbons (Fsp3) is 1.00. The third-order valence-corrected chi connectivity index (χ3v) is 5.75. The lowest BCUT2D eigenvalue weighted by Crippen LogP contribution is -2.48. The van der Waals surface area contributed by atoms with Crippen LogP contribution in [-0.2, 0) is 4.74 Å². The van der Waals surface area contributed by atoms with Gasteiger partial charge in [-0.25, -0.2) is 0 Å². The van der Waals surface area contributed by atoms with E-state index in [9.17, 15) is 0 Å². The second kappa shape index (κ2) is 5.89. The third kappa shape index (κ3) is 2.59. The molecule has 3 fully saturated rings. The van der Waals surface area contributed by atoms with Crippen molar-refractivity contribution < 1.29 is 4.74 Å². The molecule has 3 nitrogen and oxygen atoms in total. The zero-order valence-corrected chi connectivity index (χ0v) is 11.4. The van der Waals surface area contributed by atoms with Gasteiger partial charge in [0, 0.05) is 18.6 Å². The first-order valence-corrected chi connectivity index (χ1v) is 7.92. The highest BCUT2D eigenvalue weighted by Gasteiger charge is 2.38. The van der Waals surface area contributed by atoms with E-state index in [-0.39, 0.29) is 0 Å². The van der Waals surface area contributed by atoms with Crippen molar-refractivity contribution in [3.63, 3.8) is 0 Å². The molecule has 0 aromatic carbocycles. The van der Waals surface area contributed by atoms with Crippen LogP contribution in [0.1, 0.15) is 51.4 Å². The maximum absolute atomic E-state index is 5.85. The molecule has 2 saturated carbocycles. The van der Waals surface area contributed by atoms with E-state index in [2.05, 4.69) is 5.43 Å². The molecule has 18 heavy (non-hydrogen) atoms. The Kier molecular flexibility index (Phi) is 4.22. The van der Waals surface area contributed by atoms with Gasteiger partial charge in [0.15, 0.2) is 0 Å². The smallest absolute Gasteiger partial charge is 0.0510 e. The highest BCUT2D eigenvalue weighted by Crippen LogP contribution is 2.44. The van der Waals surface area contributed by atoms with Gasteiger partial charge in [0.25, 0.3) is 0 Å². The maximum atomic E-state index is 5.85. The summed E-state index contributed by atoms with van der Waals surface area (Å²) in [6.45, 7) is 1.85. The first kappa shape index (κ1) is 12.9. The summed E-state index contributed by atoms with van der Waals surface area (Å²) in [5, 5.41) is 0. The molecule has 5 atom stereocenters. The zero-order valence-electron chi connectivity index (χ0n) is 11.4. The normalized spacial score (nSPS) is 42.5. The van der Waals surface area contributed by atoms with Crippen LogP contribution in [0.2, 0.25) is 0 Å². The number of rotatable bonds is 3. The van der Waals surface area contributed by atoms with Crippen LogP contribution in [-0.4, -0.2) is 19.3 Å². The van der Waals surface area contributed by atoms with Crippen LogP contribution in [0.3, 0.4) is 0 Å². The number of nitrogens with two attached hydrogens (primary N) is 1. The van der Waals surface area contributed by atoms with Crippen molar-refractivity contribution in [2.45, 2.75) is 57.4 Å². The van der Waals surface area contributed by atoms with E-state index in [1.807, 2.05) is 0 Å². The van der Waals surface area contributed by atoms with E-state index >= 15 is 0 Å². The van der Waals surface area contributed by atoms with Crippen LogP contribution in [0.4, 0.5) is 0 Å². The zero-order chi connectivity index (χ0) is 12.4. The number of ether oxygens (including phenoxy) is 1. The molecule has 0 aromatic heterocycles. The molecule has 2 aliphatic carbocycles. The van der Waals surface area contributed by atoms with Crippen molar-refractivity contribution in [2.24, 2.45) is 29.5 Å². The monoisotopic (exact) mass is 252 g/mol. The molecular weight excluding hydrogens is 224 g/mol. The molecule has 1 saturated heterocycles. The van der Waals surface area contributed by atoms with Crippen molar-refractivity contribution in [2.75, 3.05) is 13.2 Å². The van der Waals surface area contributed by atoms with Crippen LogP contribution in [0.15, 0.2) is 0 Å². The Balaban J connectivity index is 1.61. The average Bonchev–Trinajstić information content (AvgIpc) is 2.93. The van der Waals surface area contributed by atoms with Gasteiger partial charge in [-0.05, 0) is 43.4 Å². The van der Waals surface area contributed by atoms with Crippen LogP contribution in [0.25, 0.3) is 0 Å². The van der Waals surface area contributed by atoms with Gasteiger partial charge >= 0.3 is 0 Å². The lowest BCUT2D eigenvalue weighted by Gasteiger charge is -2.43. The van der Waals surface area contributed by atoms with Crippen molar-refractivity contribution in [3.05, 3.63) is 0 Å². The van der Waals surface area contributed by atoms with Gasteiger partial charge in [-0.2, -0.15) is 0 Å². The quantitative estimate of drug-likeness (QED) is 0.599. The highest BCUT2D eigenvalue weighted by atomic mass is 16.5. The molecule has 0 bridgehead atoms. The molecule has 0 spiro atoms. The highest BCUT2D eigenvalue weighted by molar-refractivity contribution is 4.91. The molecule has 1 aliphatic heterocycles. The van der Waals surface area contributed by atoms with E-state index in [4.69, 9.17) is 10.6 Å². The molecule has 1 heterocycles. The molecule has 0 radical (unpaired) electrons. The fourth-order valence-corrected chi connectivity index (χ4v) is 4.73. The standard InChI is InChI=1S/C15H28N2O/c16-17-15(14-7-8-18-10-14)13-6-5-11-3-1-2-4-12(11)9-13/h11-15,17H,1-10,16H2. The summed E-state index contributed by atoms with van der Waals surface area (Å²) in [5.41, 5.74) is 3.13. The number of hydrogen-bond donors (Lipinski definition) is 2. The first-order valence-electron chi connectivity index (χ1n) is 7.92. The molecular formula is C15H28N2O. The van der Waals surface area contributed by atoms with E-state index in [0.29, 0.717) is 12.0 Å². The Morgan fingerprint density at radius 2 is 1.78 bits per heavy atom. The second-order valence-corrected chi connectivity index (χ2v) is 6.69. The lowest BCUT2D eigenvalue weighted by molar-refractivity contribution is 0.0876. The van der Waals surface area contributed by atoms with Gasteiger partial charge in [-0.1, -0.05) is 25.7 Å². The largest absolute Gasteiger partial charge is 0.381 e. The first-order chi connectivity index (χ1) is 8.88. The topological polar surface area (TPSA) is 47.3 Å². The molecule has 5 unspecified atom stereocenters. The van der Waals surface area contributed by atoms with Gasteiger partial charge in [0.1, 0.15) is 0 Å². The van der Waals surface area contributed by atoms with E-state index < -0.39 is 0 Å². The summed E-state index contributed by atoms with van der Waals surface area (Å²) in [4.78, 5) is 0. The van der Waals surface area contributed by atoms with Crippen molar-refractivity contribution in [1.82, 2.24) is 5.43 Å². The van der Waals surface area contributed by atoms with E-state index in [1.165, 1.54) is 51.4 Å². The minimum absolute atomic E-state index is 0.496. The number of hydrazine groups is 1. The minimum atomic E-state index is 0.496. The molecule has 3 N–H and O–H groups in total. The van der Waals surface area contributed by atoms with Crippen LogP contribution < -0.4 is 11.3 Å². The molecule has 0 aromatic rings. The number of fused-ring (bicyclic) bond motifs is 1. The van der Waals surface area contributed by atoms with E-state index in [0.717, 1.165) is 31.0 Å². The third-order valence-electron chi connectivity index (χ3n) is 5.75. The van der Waals surface area contributed by atoms with Crippen LogP contribution in [0.5, 0.6) is 0 Å². The summed E-state index contributed by atoms with van der Waals surface area (Å²) < 4.78 is 5.54. The average molecular weight is 252 g/mol. The predicted octanol–water partition coefficient (Wildman–Crippen LogP) is 2.46. The summed E-state index contributed by atoms with van der Waals surface area (Å²) in [5.74, 6) is 9.32. The lowest BCUT2D eigenvalue weighted by atomic mass is 9.65. The maximum Gasteiger partial charge on any atom is 0.0510 e. The van der Waals surface area contributed by atoms with Gasteiger partial charge in [0.05, 0.1) is 6.61 Å². The SMILES string of the molecule is NNC(C1CCOC1)C1CCC2CCCCC2C1. The molecule has 3 heteroatoms. The number of hydrogen-bond acceptors (Lipinski definition) is 3. The van der Waals surface area contributed by atoms with Gasteiger partial charge in [-0.15, -0.1) is 0 Å². The minimum Gasteiger partial charge on any atom is -0.381 e. The molecule has 0 amide bonds. The van der Waals surface area contributed by atoms with Gasteiger partial charge in [0.2, 0.25) is 0 Å². The Morgan fingerprint density at radius 3 is 2.50 bits per heavy atom.